The average molecular weight is 382 g/mol. The molecule has 1 aliphatic rings. The van der Waals surface area contributed by atoms with Crippen molar-refractivity contribution < 1.29 is 13.2 Å². The standard InChI is InChI=1S/C21H22N2O3S/c1-16-15-18(26-2)10-11-20(16)27(24,25)23-14-13-22-12-6-9-19(22)21(23)17-7-4-3-5-8-17/h3-12,15,21H,13-14H2,1-2H3. The van der Waals surface area contributed by atoms with Crippen LogP contribution in [-0.2, 0) is 16.6 Å². The minimum absolute atomic E-state index is 0.323. The van der Waals surface area contributed by atoms with Crippen molar-refractivity contribution in [1.82, 2.24) is 8.87 Å². The molecule has 0 bridgehead atoms. The first-order chi connectivity index (χ1) is 13.0. The van der Waals surface area contributed by atoms with Crippen molar-refractivity contribution >= 4 is 10.0 Å². The van der Waals surface area contributed by atoms with E-state index in [1.54, 1.807) is 36.5 Å². The van der Waals surface area contributed by atoms with Gasteiger partial charge in [0, 0.05) is 25.0 Å². The number of aromatic nitrogens is 1. The first kappa shape index (κ1) is 17.8. The molecule has 4 rings (SSSR count). The van der Waals surface area contributed by atoms with E-state index in [4.69, 9.17) is 4.74 Å². The van der Waals surface area contributed by atoms with Gasteiger partial charge in [0.05, 0.1) is 18.0 Å². The van der Waals surface area contributed by atoms with Crippen LogP contribution in [-0.4, -0.2) is 30.9 Å². The molecule has 0 fully saturated rings. The van der Waals surface area contributed by atoms with Gasteiger partial charge in [-0.25, -0.2) is 8.42 Å². The summed E-state index contributed by atoms with van der Waals surface area (Å²) in [6.07, 6.45) is 2.01. The molecule has 0 spiro atoms. The van der Waals surface area contributed by atoms with E-state index in [-0.39, 0.29) is 6.04 Å². The van der Waals surface area contributed by atoms with E-state index in [1.807, 2.05) is 48.7 Å². The Kier molecular flexibility index (Phi) is 4.53. The summed E-state index contributed by atoms with van der Waals surface area (Å²) in [4.78, 5) is 0.323. The smallest absolute Gasteiger partial charge is 0.244 e. The number of ether oxygens (including phenoxy) is 1. The Labute approximate surface area is 159 Å². The summed E-state index contributed by atoms with van der Waals surface area (Å²) >= 11 is 0. The molecular formula is C21H22N2O3S. The van der Waals surface area contributed by atoms with Crippen LogP contribution in [0.5, 0.6) is 5.75 Å². The Morgan fingerprint density at radius 2 is 1.78 bits per heavy atom. The SMILES string of the molecule is COc1ccc(S(=O)(=O)N2CCn3cccc3C2c2ccccc2)c(C)c1. The zero-order valence-electron chi connectivity index (χ0n) is 15.4. The number of benzene rings is 2. The monoisotopic (exact) mass is 382 g/mol. The van der Waals surface area contributed by atoms with Crippen LogP contribution in [0.4, 0.5) is 0 Å². The molecule has 1 aliphatic heterocycles. The van der Waals surface area contributed by atoms with E-state index in [9.17, 15) is 8.42 Å². The lowest BCUT2D eigenvalue weighted by Crippen LogP contribution is -2.42. The fourth-order valence-electron chi connectivity index (χ4n) is 3.76. The zero-order valence-corrected chi connectivity index (χ0v) is 16.2. The van der Waals surface area contributed by atoms with Crippen molar-refractivity contribution in [3.05, 3.63) is 83.7 Å². The summed E-state index contributed by atoms with van der Waals surface area (Å²) in [5, 5.41) is 0. The Morgan fingerprint density at radius 3 is 2.48 bits per heavy atom. The van der Waals surface area contributed by atoms with Gasteiger partial charge >= 0.3 is 0 Å². The lowest BCUT2D eigenvalue weighted by atomic mass is 10.0. The quantitative estimate of drug-likeness (QED) is 0.693. The maximum Gasteiger partial charge on any atom is 0.244 e. The van der Waals surface area contributed by atoms with Gasteiger partial charge in [0.1, 0.15) is 5.75 Å². The van der Waals surface area contributed by atoms with E-state index in [2.05, 4.69) is 4.57 Å². The maximum atomic E-state index is 13.6. The summed E-state index contributed by atoms with van der Waals surface area (Å²) in [7, 11) is -2.09. The van der Waals surface area contributed by atoms with Crippen LogP contribution < -0.4 is 4.74 Å². The highest BCUT2D eigenvalue weighted by Gasteiger charge is 2.38. The third kappa shape index (κ3) is 3.05. The van der Waals surface area contributed by atoms with Crippen molar-refractivity contribution in [2.45, 2.75) is 24.4 Å². The predicted molar refractivity (Wildman–Crippen MR) is 104 cm³/mol. The Hall–Kier alpha value is -2.57. The third-order valence-electron chi connectivity index (χ3n) is 5.08. The number of aryl methyl sites for hydroxylation is 1. The molecule has 2 heterocycles. The van der Waals surface area contributed by atoms with Gasteiger partial charge in [-0.05, 0) is 48.4 Å². The number of rotatable bonds is 4. The first-order valence-corrected chi connectivity index (χ1v) is 10.3. The van der Waals surface area contributed by atoms with Crippen molar-refractivity contribution in [1.29, 1.82) is 0 Å². The number of hydrogen-bond donors (Lipinski definition) is 0. The lowest BCUT2D eigenvalue weighted by molar-refractivity contribution is 0.298. The minimum Gasteiger partial charge on any atom is -0.497 e. The largest absolute Gasteiger partial charge is 0.497 e. The Balaban J connectivity index is 1.84. The van der Waals surface area contributed by atoms with Crippen LogP contribution >= 0.6 is 0 Å². The molecule has 0 N–H and O–H groups in total. The van der Waals surface area contributed by atoms with Crippen molar-refractivity contribution in [2.24, 2.45) is 0 Å². The van der Waals surface area contributed by atoms with Gasteiger partial charge in [-0.1, -0.05) is 30.3 Å². The Morgan fingerprint density at radius 1 is 1.00 bits per heavy atom. The van der Waals surface area contributed by atoms with Gasteiger partial charge < -0.3 is 9.30 Å². The molecule has 3 aromatic rings. The molecule has 27 heavy (non-hydrogen) atoms. The highest BCUT2D eigenvalue weighted by molar-refractivity contribution is 7.89. The predicted octanol–water partition coefficient (Wildman–Crippen LogP) is 3.60. The van der Waals surface area contributed by atoms with Crippen molar-refractivity contribution in [2.75, 3.05) is 13.7 Å². The molecular weight excluding hydrogens is 360 g/mol. The molecule has 0 saturated heterocycles. The average Bonchev–Trinajstić information content (AvgIpc) is 3.16. The van der Waals surface area contributed by atoms with Gasteiger partial charge in [-0.3, -0.25) is 0 Å². The fraction of sp³-hybridized carbons (Fsp3) is 0.238. The summed E-state index contributed by atoms with van der Waals surface area (Å²) in [6.45, 7) is 2.87. The minimum atomic E-state index is -3.67. The number of nitrogens with zero attached hydrogens (tertiary/aromatic N) is 2. The molecule has 5 nitrogen and oxygen atoms in total. The van der Waals surface area contributed by atoms with Crippen LogP contribution in [0.3, 0.4) is 0 Å². The number of methoxy groups -OCH3 is 1. The van der Waals surface area contributed by atoms with E-state index in [0.717, 1.165) is 11.3 Å². The van der Waals surface area contributed by atoms with E-state index >= 15 is 0 Å². The molecule has 0 saturated carbocycles. The Bertz CT molecular complexity index is 1060. The zero-order chi connectivity index (χ0) is 19.0. The summed E-state index contributed by atoms with van der Waals surface area (Å²) in [5.41, 5.74) is 2.64. The molecule has 0 radical (unpaired) electrons. The second-order valence-corrected chi connectivity index (χ2v) is 8.55. The van der Waals surface area contributed by atoms with Gasteiger partial charge in [0.15, 0.2) is 0 Å². The van der Waals surface area contributed by atoms with Gasteiger partial charge in [-0.15, -0.1) is 0 Å². The normalized spacial score (nSPS) is 17.5. The van der Waals surface area contributed by atoms with Crippen molar-refractivity contribution in [3.63, 3.8) is 0 Å². The lowest BCUT2D eigenvalue weighted by Gasteiger charge is -2.36. The molecule has 6 heteroatoms. The summed E-state index contributed by atoms with van der Waals surface area (Å²) in [5.74, 6) is 0.651. The van der Waals surface area contributed by atoms with Gasteiger partial charge in [-0.2, -0.15) is 4.31 Å². The summed E-state index contributed by atoms with van der Waals surface area (Å²) < 4.78 is 36.2. The van der Waals surface area contributed by atoms with E-state index in [1.165, 1.54) is 0 Å². The third-order valence-corrected chi connectivity index (χ3v) is 7.10. The van der Waals surface area contributed by atoms with Crippen LogP contribution in [0, 0.1) is 6.92 Å². The maximum absolute atomic E-state index is 13.6. The summed E-state index contributed by atoms with van der Waals surface area (Å²) in [6, 6.07) is 18.5. The molecule has 0 amide bonds. The van der Waals surface area contributed by atoms with Crippen molar-refractivity contribution in [3.8, 4) is 5.75 Å². The fourth-order valence-corrected chi connectivity index (χ4v) is 5.55. The first-order valence-electron chi connectivity index (χ1n) is 8.89. The molecule has 1 unspecified atom stereocenters. The van der Waals surface area contributed by atoms with E-state index in [0.29, 0.717) is 29.3 Å². The number of hydrogen-bond acceptors (Lipinski definition) is 3. The van der Waals surface area contributed by atoms with Crippen LogP contribution in [0.25, 0.3) is 0 Å². The number of fused-ring (bicyclic) bond motifs is 1. The van der Waals surface area contributed by atoms with Crippen LogP contribution in [0.2, 0.25) is 0 Å². The molecule has 1 aromatic heterocycles. The second-order valence-electron chi connectivity index (χ2n) is 6.69. The molecule has 1 atom stereocenters. The highest BCUT2D eigenvalue weighted by atomic mass is 32.2. The number of sulfonamides is 1. The second kappa shape index (κ2) is 6.87. The molecule has 2 aromatic carbocycles. The van der Waals surface area contributed by atoms with Crippen LogP contribution in [0.1, 0.15) is 22.9 Å². The molecule has 140 valence electrons. The van der Waals surface area contributed by atoms with E-state index < -0.39 is 10.0 Å². The highest BCUT2D eigenvalue weighted by Crippen LogP contribution is 2.37. The van der Waals surface area contributed by atoms with Crippen LogP contribution in [0.15, 0.2) is 71.8 Å². The van der Waals surface area contributed by atoms with Gasteiger partial charge in [0.2, 0.25) is 10.0 Å². The topological polar surface area (TPSA) is 51.5 Å². The van der Waals surface area contributed by atoms with Gasteiger partial charge in [0.25, 0.3) is 0 Å². The molecule has 0 aliphatic carbocycles.